The van der Waals surface area contributed by atoms with E-state index in [9.17, 15) is 19.5 Å². The molecule has 7 heteroatoms. The second-order valence-corrected chi connectivity index (χ2v) is 6.55. The van der Waals surface area contributed by atoms with Crippen LogP contribution in [0.3, 0.4) is 0 Å². The van der Waals surface area contributed by atoms with Crippen LogP contribution in [0.4, 0.5) is 0 Å². The first-order valence-electron chi connectivity index (χ1n) is 7.95. The number of piperidine rings is 1. The predicted molar refractivity (Wildman–Crippen MR) is 84.8 cm³/mol. The number of nitrogens with one attached hydrogen (secondary N) is 1. The molecule has 0 aromatic carbocycles. The van der Waals surface area contributed by atoms with Gasteiger partial charge in [-0.2, -0.15) is 0 Å². The number of ketones is 2. The Bertz CT molecular complexity index is 872. The first kappa shape index (κ1) is 15.0. The molecule has 0 amide bonds. The number of carboxylic acids is 1. The SMILES string of the molecule is CC(=O)c1c(CC(=O)C2[C@@H](C(=O)O)C[C@@H]3CN23)[nH]c2ncccc12. The van der Waals surface area contributed by atoms with Crippen LogP contribution in [0, 0.1) is 5.92 Å². The molecule has 2 aromatic rings. The molecule has 2 unspecified atom stereocenters. The average molecular weight is 327 g/mol. The molecule has 124 valence electrons. The van der Waals surface area contributed by atoms with Gasteiger partial charge in [0.15, 0.2) is 11.6 Å². The average Bonchev–Trinajstić information content (AvgIpc) is 3.03. The molecule has 2 saturated heterocycles. The number of carbonyl (C=O) groups is 3. The van der Waals surface area contributed by atoms with Gasteiger partial charge in [0.2, 0.25) is 0 Å². The van der Waals surface area contributed by atoms with Crippen molar-refractivity contribution < 1.29 is 19.5 Å². The zero-order chi connectivity index (χ0) is 17.0. The van der Waals surface area contributed by atoms with Crippen LogP contribution in [-0.4, -0.2) is 56.1 Å². The lowest BCUT2D eigenvalue weighted by Gasteiger charge is -2.18. The van der Waals surface area contributed by atoms with Gasteiger partial charge >= 0.3 is 5.97 Å². The van der Waals surface area contributed by atoms with Gasteiger partial charge < -0.3 is 10.1 Å². The van der Waals surface area contributed by atoms with Gasteiger partial charge in [0, 0.05) is 41.8 Å². The summed E-state index contributed by atoms with van der Waals surface area (Å²) in [5.74, 6) is -1.87. The molecule has 0 bridgehead atoms. The predicted octanol–water partition coefficient (Wildman–Crippen LogP) is 1.03. The number of aliphatic carboxylic acids is 1. The van der Waals surface area contributed by atoms with Crippen LogP contribution >= 0.6 is 0 Å². The molecule has 4 heterocycles. The minimum atomic E-state index is -0.925. The standard InChI is InChI=1S/C17H17N3O4/c1-8(21)14-10-3-2-4-18-16(10)19-12(14)6-13(22)15-11(17(23)24)5-9-7-20(9)15/h2-4,9,11,15H,5-7H2,1H3,(H,18,19)(H,23,24)/t9-,11+,15?,20?/m1/s1. The van der Waals surface area contributed by atoms with Crippen molar-refractivity contribution in [1.29, 1.82) is 0 Å². The summed E-state index contributed by atoms with van der Waals surface area (Å²) in [4.78, 5) is 45.4. The normalized spacial score (nSPS) is 27.9. The molecule has 2 aliphatic rings. The van der Waals surface area contributed by atoms with Crippen LogP contribution in [-0.2, 0) is 16.0 Å². The molecule has 2 N–H and O–H groups in total. The Labute approximate surface area is 137 Å². The fraction of sp³-hybridized carbons (Fsp3) is 0.412. The third-order valence-electron chi connectivity index (χ3n) is 5.02. The first-order valence-corrected chi connectivity index (χ1v) is 7.95. The van der Waals surface area contributed by atoms with Gasteiger partial charge in [-0.15, -0.1) is 0 Å². The lowest BCUT2D eigenvalue weighted by atomic mass is 9.91. The van der Waals surface area contributed by atoms with Crippen LogP contribution in [0.25, 0.3) is 11.0 Å². The lowest BCUT2D eigenvalue weighted by Crippen LogP contribution is -2.38. The smallest absolute Gasteiger partial charge is 0.308 e. The minimum absolute atomic E-state index is 0.0168. The van der Waals surface area contributed by atoms with Crippen molar-refractivity contribution in [2.75, 3.05) is 6.54 Å². The van der Waals surface area contributed by atoms with Crippen LogP contribution in [0.5, 0.6) is 0 Å². The summed E-state index contributed by atoms with van der Waals surface area (Å²) in [6.07, 6.45) is 2.16. The fourth-order valence-corrected chi connectivity index (χ4v) is 3.93. The van der Waals surface area contributed by atoms with Crippen molar-refractivity contribution in [2.24, 2.45) is 5.92 Å². The Balaban J connectivity index is 1.67. The largest absolute Gasteiger partial charge is 0.481 e. The van der Waals surface area contributed by atoms with E-state index in [2.05, 4.69) is 9.97 Å². The number of carbonyl (C=O) groups excluding carboxylic acids is 2. The molecule has 0 radical (unpaired) electrons. The molecule has 2 aromatic heterocycles. The monoisotopic (exact) mass is 327 g/mol. The molecule has 2 aliphatic heterocycles. The van der Waals surface area contributed by atoms with Crippen molar-refractivity contribution in [3.05, 3.63) is 29.6 Å². The van der Waals surface area contributed by atoms with E-state index in [1.165, 1.54) is 6.92 Å². The summed E-state index contributed by atoms with van der Waals surface area (Å²) in [5, 5.41) is 10.0. The van der Waals surface area contributed by atoms with Gasteiger partial charge in [0.25, 0.3) is 0 Å². The van der Waals surface area contributed by atoms with Crippen molar-refractivity contribution >= 4 is 28.6 Å². The number of fused-ring (bicyclic) bond motifs is 2. The number of hydrogen-bond acceptors (Lipinski definition) is 5. The molecule has 0 aliphatic carbocycles. The molecule has 4 rings (SSSR count). The number of Topliss-reactive ketones (excluding diaryl/α,β-unsaturated/α-hetero) is 2. The number of nitrogens with zero attached hydrogens (tertiary/aromatic N) is 2. The Morgan fingerprint density at radius 2 is 2.21 bits per heavy atom. The third kappa shape index (κ3) is 2.24. The van der Waals surface area contributed by atoms with Gasteiger partial charge in [-0.3, -0.25) is 19.3 Å². The number of hydrogen-bond donors (Lipinski definition) is 2. The van der Waals surface area contributed by atoms with E-state index in [0.29, 0.717) is 28.7 Å². The van der Waals surface area contributed by atoms with E-state index in [1.54, 1.807) is 18.3 Å². The highest BCUT2D eigenvalue weighted by molar-refractivity contribution is 6.08. The van der Waals surface area contributed by atoms with Crippen molar-refractivity contribution in [2.45, 2.75) is 31.8 Å². The molecule has 7 nitrogen and oxygen atoms in total. The maximum atomic E-state index is 12.8. The van der Waals surface area contributed by atoms with E-state index in [4.69, 9.17) is 0 Å². The van der Waals surface area contributed by atoms with E-state index < -0.39 is 17.9 Å². The quantitative estimate of drug-likeness (QED) is 0.628. The van der Waals surface area contributed by atoms with Crippen molar-refractivity contribution in [1.82, 2.24) is 14.9 Å². The van der Waals surface area contributed by atoms with Gasteiger partial charge in [-0.1, -0.05) is 0 Å². The Kier molecular flexibility index (Phi) is 3.28. The number of carboxylic acid groups (broad SMARTS) is 1. The van der Waals surface area contributed by atoms with Gasteiger partial charge in [-0.05, 0) is 25.5 Å². The third-order valence-corrected chi connectivity index (χ3v) is 5.02. The summed E-state index contributed by atoms with van der Waals surface area (Å²) in [7, 11) is 0. The molecule has 24 heavy (non-hydrogen) atoms. The topological polar surface area (TPSA) is 103 Å². The Hall–Kier alpha value is -2.54. The fourth-order valence-electron chi connectivity index (χ4n) is 3.93. The number of pyridine rings is 1. The van der Waals surface area contributed by atoms with Crippen molar-refractivity contribution in [3.63, 3.8) is 0 Å². The maximum Gasteiger partial charge on any atom is 0.308 e. The molecule has 0 spiro atoms. The van der Waals surface area contributed by atoms with Crippen LogP contribution < -0.4 is 0 Å². The number of H-pyrrole nitrogens is 1. The van der Waals surface area contributed by atoms with Gasteiger partial charge in [0.05, 0.1) is 12.0 Å². The molecular weight excluding hydrogens is 310 g/mol. The van der Waals surface area contributed by atoms with Crippen LogP contribution in [0.2, 0.25) is 0 Å². The molecule has 4 atom stereocenters. The van der Waals surface area contributed by atoms with Gasteiger partial charge in [-0.25, -0.2) is 4.98 Å². The van der Waals surface area contributed by atoms with Crippen LogP contribution in [0.1, 0.15) is 29.4 Å². The highest BCUT2D eigenvalue weighted by Gasteiger charge is 2.56. The summed E-state index contributed by atoms with van der Waals surface area (Å²) in [5.41, 5.74) is 1.56. The van der Waals surface area contributed by atoms with E-state index in [1.807, 2.05) is 4.90 Å². The number of aromatic amines is 1. The highest BCUT2D eigenvalue weighted by Crippen LogP contribution is 2.41. The zero-order valence-electron chi connectivity index (χ0n) is 13.2. The summed E-state index contributed by atoms with van der Waals surface area (Å²) < 4.78 is 0. The van der Waals surface area contributed by atoms with Crippen molar-refractivity contribution in [3.8, 4) is 0 Å². The summed E-state index contributed by atoms with van der Waals surface area (Å²) in [6, 6.07) is 3.16. The Morgan fingerprint density at radius 1 is 1.42 bits per heavy atom. The zero-order valence-corrected chi connectivity index (χ0v) is 13.2. The van der Waals surface area contributed by atoms with Crippen LogP contribution in [0.15, 0.2) is 18.3 Å². The highest BCUT2D eigenvalue weighted by atomic mass is 16.4. The van der Waals surface area contributed by atoms with E-state index in [-0.39, 0.29) is 24.0 Å². The van der Waals surface area contributed by atoms with Gasteiger partial charge in [0.1, 0.15) is 5.65 Å². The number of aromatic nitrogens is 2. The lowest BCUT2D eigenvalue weighted by molar-refractivity contribution is -0.145. The summed E-state index contributed by atoms with van der Waals surface area (Å²) >= 11 is 0. The molecule has 2 fully saturated rings. The second kappa shape index (κ2) is 5.24. The Morgan fingerprint density at radius 3 is 2.92 bits per heavy atom. The maximum absolute atomic E-state index is 12.8. The van der Waals surface area contributed by atoms with E-state index in [0.717, 1.165) is 6.54 Å². The minimum Gasteiger partial charge on any atom is -0.481 e. The first-order chi connectivity index (χ1) is 11.5. The molecule has 0 saturated carbocycles. The number of rotatable bonds is 5. The second-order valence-electron chi connectivity index (χ2n) is 6.55. The summed E-state index contributed by atoms with van der Waals surface area (Å²) in [6.45, 7) is 2.24. The molecular formula is C17H17N3O4. The van der Waals surface area contributed by atoms with E-state index >= 15 is 0 Å².